The Morgan fingerprint density at radius 1 is 1.11 bits per heavy atom. The van der Waals surface area contributed by atoms with Crippen LogP contribution in [0.3, 0.4) is 0 Å². The highest BCUT2D eigenvalue weighted by Gasteiger charge is 2.23. The third-order valence-corrected chi connectivity index (χ3v) is 4.88. The van der Waals surface area contributed by atoms with Crippen LogP contribution in [0.15, 0.2) is 42.5 Å². The predicted molar refractivity (Wildman–Crippen MR) is 103 cm³/mol. The van der Waals surface area contributed by atoms with Gasteiger partial charge in [0.25, 0.3) is 11.8 Å². The fourth-order valence-electron chi connectivity index (χ4n) is 3.07. The second-order valence-electron chi connectivity index (χ2n) is 6.91. The molecular formula is C21H25N3O3. The zero-order valence-electron chi connectivity index (χ0n) is 15.8. The van der Waals surface area contributed by atoms with Gasteiger partial charge in [0.1, 0.15) is 17.1 Å². The Morgan fingerprint density at radius 2 is 1.78 bits per heavy atom. The van der Waals surface area contributed by atoms with E-state index in [4.69, 9.17) is 4.74 Å². The van der Waals surface area contributed by atoms with Crippen molar-refractivity contribution in [2.24, 2.45) is 5.92 Å². The largest absolute Gasteiger partial charge is 0.497 e. The summed E-state index contributed by atoms with van der Waals surface area (Å²) in [5.74, 6) is 1.02. The standard InChI is InChI=1S/C21H25N3O3/c1-15-10-12-24(13-11-15)21(26)19-5-3-4-18(23-19)20(25)22-14-16-6-8-17(27-2)9-7-16/h3-9,15H,10-14H2,1-2H3,(H,22,25). The van der Waals surface area contributed by atoms with E-state index in [0.29, 0.717) is 18.2 Å². The van der Waals surface area contributed by atoms with Crippen molar-refractivity contribution in [3.8, 4) is 5.75 Å². The molecule has 2 amide bonds. The van der Waals surface area contributed by atoms with E-state index in [1.165, 1.54) is 0 Å². The molecule has 0 bridgehead atoms. The summed E-state index contributed by atoms with van der Waals surface area (Å²) in [6.07, 6.45) is 2.02. The zero-order valence-corrected chi connectivity index (χ0v) is 15.8. The van der Waals surface area contributed by atoms with Crippen molar-refractivity contribution in [2.75, 3.05) is 20.2 Å². The van der Waals surface area contributed by atoms with Gasteiger partial charge in [-0.25, -0.2) is 4.98 Å². The number of hydrogen-bond donors (Lipinski definition) is 1. The molecule has 3 rings (SSSR count). The summed E-state index contributed by atoms with van der Waals surface area (Å²) in [5.41, 5.74) is 1.53. The Hall–Kier alpha value is -2.89. The number of carbonyl (C=O) groups excluding carboxylic acids is 2. The summed E-state index contributed by atoms with van der Waals surface area (Å²) in [5, 5.41) is 2.84. The van der Waals surface area contributed by atoms with Crippen molar-refractivity contribution in [1.82, 2.24) is 15.2 Å². The fraction of sp³-hybridized carbons (Fsp3) is 0.381. The van der Waals surface area contributed by atoms with E-state index in [2.05, 4.69) is 17.2 Å². The molecule has 2 heterocycles. The molecule has 0 aliphatic carbocycles. The minimum Gasteiger partial charge on any atom is -0.497 e. The van der Waals surface area contributed by atoms with Gasteiger partial charge in [0, 0.05) is 19.6 Å². The first-order valence-corrected chi connectivity index (χ1v) is 9.24. The van der Waals surface area contributed by atoms with Gasteiger partial charge in [0.2, 0.25) is 0 Å². The van der Waals surface area contributed by atoms with E-state index in [0.717, 1.165) is 37.2 Å². The van der Waals surface area contributed by atoms with Crippen LogP contribution >= 0.6 is 0 Å². The maximum Gasteiger partial charge on any atom is 0.272 e. The number of carbonyl (C=O) groups is 2. The van der Waals surface area contributed by atoms with Crippen molar-refractivity contribution < 1.29 is 14.3 Å². The van der Waals surface area contributed by atoms with Crippen molar-refractivity contribution in [3.63, 3.8) is 0 Å². The summed E-state index contributed by atoms with van der Waals surface area (Å²) in [6.45, 7) is 4.08. The van der Waals surface area contributed by atoms with E-state index in [1.807, 2.05) is 29.2 Å². The summed E-state index contributed by atoms with van der Waals surface area (Å²) in [7, 11) is 1.61. The molecule has 0 unspecified atom stereocenters. The maximum atomic E-state index is 12.6. The van der Waals surface area contributed by atoms with Crippen LogP contribution in [0.4, 0.5) is 0 Å². The Bertz CT molecular complexity index is 797. The van der Waals surface area contributed by atoms with Gasteiger partial charge in [-0.3, -0.25) is 9.59 Å². The molecule has 6 heteroatoms. The predicted octanol–water partition coefficient (Wildman–Crippen LogP) is 2.89. The van der Waals surface area contributed by atoms with E-state index in [9.17, 15) is 9.59 Å². The van der Waals surface area contributed by atoms with Gasteiger partial charge >= 0.3 is 0 Å². The number of likely N-dealkylation sites (tertiary alicyclic amines) is 1. The summed E-state index contributed by atoms with van der Waals surface area (Å²) in [6, 6.07) is 12.5. The van der Waals surface area contributed by atoms with Crippen LogP contribution in [0.5, 0.6) is 5.75 Å². The number of ether oxygens (including phenoxy) is 1. The number of pyridine rings is 1. The number of benzene rings is 1. The average molecular weight is 367 g/mol. The summed E-state index contributed by atoms with van der Waals surface area (Å²) in [4.78, 5) is 31.2. The molecule has 0 radical (unpaired) electrons. The average Bonchev–Trinajstić information content (AvgIpc) is 2.72. The number of amides is 2. The lowest BCUT2D eigenvalue weighted by Crippen LogP contribution is -2.38. The van der Waals surface area contributed by atoms with Crippen molar-refractivity contribution in [3.05, 3.63) is 59.4 Å². The SMILES string of the molecule is COc1ccc(CNC(=O)c2cccc(C(=O)N3CCC(C)CC3)n2)cc1. The Morgan fingerprint density at radius 3 is 2.44 bits per heavy atom. The lowest BCUT2D eigenvalue weighted by atomic mass is 9.99. The smallest absolute Gasteiger partial charge is 0.272 e. The van der Waals surface area contributed by atoms with Crippen molar-refractivity contribution >= 4 is 11.8 Å². The molecule has 6 nitrogen and oxygen atoms in total. The molecule has 2 aromatic rings. The molecular weight excluding hydrogens is 342 g/mol. The van der Waals surface area contributed by atoms with Crippen LogP contribution in [0.2, 0.25) is 0 Å². The highest BCUT2D eigenvalue weighted by molar-refractivity contribution is 5.96. The normalized spacial score (nSPS) is 14.7. The van der Waals surface area contributed by atoms with Crippen molar-refractivity contribution in [2.45, 2.75) is 26.3 Å². The fourth-order valence-corrected chi connectivity index (χ4v) is 3.07. The Labute approximate surface area is 159 Å². The van der Waals surface area contributed by atoms with E-state index < -0.39 is 0 Å². The highest BCUT2D eigenvalue weighted by Crippen LogP contribution is 2.18. The number of rotatable bonds is 5. The third kappa shape index (κ3) is 4.84. The molecule has 27 heavy (non-hydrogen) atoms. The Balaban J connectivity index is 1.61. The molecule has 1 aromatic heterocycles. The monoisotopic (exact) mass is 367 g/mol. The number of nitrogens with one attached hydrogen (secondary N) is 1. The molecule has 1 fully saturated rings. The number of piperidine rings is 1. The number of nitrogens with zero attached hydrogens (tertiary/aromatic N) is 2. The van der Waals surface area contributed by atoms with E-state index in [-0.39, 0.29) is 17.5 Å². The van der Waals surface area contributed by atoms with Crippen LogP contribution in [0.1, 0.15) is 46.3 Å². The molecule has 0 atom stereocenters. The number of aromatic nitrogens is 1. The van der Waals surface area contributed by atoms with Gasteiger partial charge in [-0.2, -0.15) is 0 Å². The number of hydrogen-bond acceptors (Lipinski definition) is 4. The van der Waals surface area contributed by atoms with E-state index >= 15 is 0 Å². The highest BCUT2D eigenvalue weighted by atomic mass is 16.5. The molecule has 0 saturated carbocycles. The minimum absolute atomic E-state index is 0.105. The van der Waals surface area contributed by atoms with Crippen LogP contribution in [-0.2, 0) is 6.54 Å². The molecule has 1 aromatic carbocycles. The summed E-state index contributed by atoms with van der Waals surface area (Å²) >= 11 is 0. The van der Waals surface area contributed by atoms with Gasteiger partial charge in [-0.05, 0) is 48.6 Å². The molecule has 1 aliphatic rings. The maximum absolute atomic E-state index is 12.6. The third-order valence-electron chi connectivity index (χ3n) is 4.88. The molecule has 1 aliphatic heterocycles. The van der Waals surface area contributed by atoms with Gasteiger partial charge in [-0.1, -0.05) is 25.1 Å². The first-order chi connectivity index (χ1) is 13.1. The lowest BCUT2D eigenvalue weighted by molar-refractivity contribution is 0.0691. The summed E-state index contributed by atoms with van der Waals surface area (Å²) < 4.78 is 5.12. The topological polar surface area (TPSA) is 71.5 Å². The van der Waals surface area contributed by atoms with Gasteiger partial charge in [0.15, 0.2) is 0 Å². The van der Waals surface area contributed by atoms with Crippen LogP contribution in [0, 0.1) is 5.92 Å². The molecule has 1 N–H and O–H groups in total. The second kappa shape index (κ2) is 8.66. The van der Waals surface area contributed by atoms with Crippen LogP contribution < -0.4 is 10.1 Å². The lowest BCUT2D eigenvalue weighted by Gasteiger charge is -2.30. The Kier molecular flexibility index (Phi) is 6.06. The first kappa shape index (κ1) is 18.9. The molecule has 1 saturated heterocycles. The van der Waals surface area contributed by atoms with Crippen molar-refractivity contribution in [1.29, 1.82) is 0 Å². The quantitative estimate of drug-likeness (QED) is 0.882. The molecule has 0 spiro atoms. The minimum atomic E-state index is -0.298. The van der Waals surface area contributed by atoms with Gasteiger partial charge in [-0.15, -0.1) is 0 Å². The van der Waals surface area contributed by atoms with Gasteiger partial charge in [0.05, 0.1) is 7.11 Å². The van der Waals surface area contributed by atoms with Crippen LogP contribution in [-0.4, -0.2) is 41.9 Å². The zero-order chi connectivity index (χ0) is 19.2. The number of methoxy groups -OCH3 is 1. The van der Waals surface area contributed by atoms with Crippen LogP contribution in [0.25, 0.3) is 0 Å². The van der Waals surface area contributed by atoms with Gasteiger partial charge < -0.3 is 15.0 Å². The second-order valence-corrected chi connectivity index (χ2v) is 6.91. The van der Waals surface area contributed by atoms with E-state index in [1.54, 1.807) is 25.3 Å². The molecule has 142 valence electrons. The first-order valence-electron chi connectivity index (χ1n) is 9.24.